The van der Waals surface area contributed by atoms with Crippen LogP contribution in [0.1, 0.15) is 45.0 Å². The SMILES string of the molecule is CC1CC(C)CC(C(NN)c2ncccn2)C1. The van der Waals surface area contributed by atoms with E-state index in [-0.39, 0.29) is 6.04 Å². The van der Waals surface area contributed by atoms with Gasteiger partial charge in [0.15, 0.2) is 0 Å². The first-order chi connectivity index (χ1) is 8.20. The van der Waals surface area contributed by atoms with Gasteiger partial charge < -0.3 is 0 Å². The van der Waals surface area contributed by atoms with Gasteiger partial charge in [-0.2, -0.15) is 0 Å². The minimum atomic E-state index is 0.0846. The van der Waals surface area contributed by atoms with E-state index in [1.165, 1.54) is 19.3 Å². The van der Waals surface area contributed by atoms with Crippen molar-refractivity contribution in [2.24, 2.45) is 23.6 Å². The fourth-order valence-corrected chi connectivity index (χ4v) is 3.17. The normalized spacial score (nSPS) is 31.1. The number of nitrogens with zero attached hydrogens (tertiary/aromatic N) is 2. The van der Waals surface area contributed by atoms with E-state index in [2.05, 4.69) is 29.2 Å². The molecule has 4 nitrogen and oxygen atoms in total. The maximum atomic E-state index is 5.70. The fourth-order valence-electron chi connectivity index (χ4n) is 3.17. The van der Waals surface area contributed by atoms with Crippen LogP contribution in [0.5, 0.6) is 0 Å². The molecular weight excluding hydrogens is 212 g/mol. The second kappa shape index (κ2) is 5.56. The molecule has 0 spiro atoms. The van der Waals surface area contributed by atoms with Crippen molar-refractivity contribution in [2.45, 2.75) is 39.2 Å². The van der Waals surface area contributed by atoms with Crippen LogP contribution in [-0.4, -0.2) is 9.97 Å². The highest BCUT2D eigenvalue weighted by atomic mass is 15.2. The highest BCUT2D eigenvalue weighted by Gasteiger charge is 2.31. The van der Waals surface area contributed by atoms with Gasteiger partial charge in [-0.1, -0.05) is 13.8 Å². The predicted molar refractivity (Wildman–Crippen MR) is 67.8 cm³/mol. The Morgan fingerprint density at radius 3 is 2.29 bits per heavy atom. The fraction of sp³-hybridized carbons (Fsp3) is 0.692. The molecule has 0 amide bonds. The van der Waals surface area contributed by atoms with Gasteiger partial charge >= 0.3 is 0 Å². The number of hydrazine groups is 1. The van der Waals surface area contributed by atoms with E-state index in [9.17, 15) is 0 Å². The molecule has 3 N–H and O–H groups in total. The number of nitrogens with two attached hydrogens (primary N) is 1. The molecule has 0 saturated heterocycles. The molecule has 1 heterocycles. The summed E-state index contributed by atoms with van der Waals surface area (Å²) in [5.74, 6) is 8.59. The van der Waals surface area contributed by atoms with Crippen molar-refractivity contribution < 1.29 is 0 Å². The van der Waals surface area contributed by atoms with E-state index in [0.717, 1.165) is 17.7 Å². The monoisotopic (exact) mass is 234 g/mol. The van der Waals surface area contributed by atoms with Gasteiger partial charge in [0.2, 0.25) is 0 Å². The molecule has 1 fully saturated rings. The van der Waals surface area contributed by atoms with Gasteiger partial charge in [-0.3, -0.25) is 5.84 Å². The Kier molecular flexibility index (Phi) is 4.07. The van der Waals surface area contributed by atoms with E-state index in [0.29, 0.717) is 5.92 Å². The van der Waals surface area contributed by atoms with Crippen LogP contribution < -0.4 is 11.3 Å². The van der Waals surface area contributed by atoms with Crippen LogP contribution in [0, 0.1) is 17.8 Å². The van der Waals surface area contributed by atoms with Crippen LogP contribution in [0.25, 0.3) is 0 Å². The molecule has 0 aliphatic heterocycles. The van der Waals surface area contributed by atoms with Crippen molar-refractivity contribution in [3.8, 4) is 0 Å². The summed E-state index contributed by atoms with van der Waals surface area (Å²) in [6.07, 6.45) is 7.29. The number of hydrogen-bond donors (Lipinski definition) is 2. The van der Waals surface area contributed by atoms with Crippen molar-refractivity contribution in [1.29, 1.82) is 0 Å². The summed E-state index contributed by atoms with van der Waals surface area (Å²) in [7, 11) is 0. The number of hydrogen-bond acceptors (Lipinski definition) is 4. The minimum Gasteiger partial charge on any atom is -0.271 e. The second-order valence-electron chi connectivity index (χ2n) is 5.43. The summed E-state index contributed by atoms with van der Waals surface area (Å²) in [6, 6.07) is 1.92. The average Bonchev–Trinajstić information content (AvgIpc) is 2.30. The molecule has 3 unspecified atom stereocenters. The van der Waals surface area contributed by atoms with Gasteiger partial charge in [-0.05, 0) is 43.1 Å². The second-order valence-corrected chi connectivity index (χ2v) is 5.43. The molecule has 1 aromatic rings. The third-order valence-corrected chi connectivity index (χ3v) is 3.73. The molecule has 0 radical (unpaired) electrons. The van der Waals surface area contributed by atoms with E-state index < -0.39 is 0 Å². The van der Waals surface area contributed by atoms with Crippen molar-refractivity contribution in [1.82, 2.24) is 15.4 Å². The molecule has 4 heteroatoms. The molecule has 3 atom stereocenters. The van der Waals surface area contributed by atoms with E-state index in [4.69, 9.17) is 5.84 Å². The van der Waals surface area contributed by atoms with Crippen LogP contribution in [0.4, 0.5) is 0 Å². The lowest BCUT2D eigenvalue weighted by atomic mass is 9.73. The Balaban J connectivity index is 2.13. The van der Waals surface area contributed by atoms with Crippen molar-refractivity contribution in [3.63, 3.8) is 0 Å². The van der Waals surface area contributed by atoms with E-state index in [1.54, 1.807) is 12.4 Å². The summed E-state index contributed by atoms with van der Waals surface area (Å²) in [6.45, 7) is 4.64. The molecule has 0 aromatic carbocycles. The first-order valence-corrected chi connectivity index (χ1v) is 6.43. The predicted octanol–water partition coefficient (Wildman–Crippen LogP) is 2.05. The third-order valence-electron chi connectivity index (χ3n) is 3.73. The zero-order valence-corrected chi connectivity index (χ0v) is 10.6. The van der Waals surface area contributed by atoms with Gasteiger partial charge in [0, 0.05) is 12.4 Å². The molecular formula is C13H22N4. The highest BCUT2D eigenvalue weighted by molar-refractivity contribution is 4.99. The summed E-state index contributed by atoms with van der Waals surface area (Å²) in [5, 5.41) is 0. The largest absolute Gasteiger partial charge is 0.271 e. The molecule has 1 saturated carbocycles. The summed E-state index contributed by atoms with van der Waals surface area (Å²) in [5.41, 5.74) is 2.90. The lowest BCUT2D eigenvalue weighted by molar-refractivity contribution is 0.173. The Bertz CT molecular complexity index is 331. The molecule has 2 rings (SSSR count). The van der Waals surface area contributed by atoms with Crippen LogP contribution in [0.3, 0.4) is 0 Å². The van der Waals surface area contributed by atoms with Crippen molar-refractivity contribution >= 4 is 0 Å². The highest BCUT2D eigenvalue weighted by Crippen LogP contribution is 2.38. The van der Waals surface area contributed by atoms with Crippen LogP contribution in [0.2, 0.25) is 0 Å². The Morgan fingerprint density at radius 2 is 1.76 bits per heavy atom. The first kappa shape index (κ1) is 12.5. The number of nitrogens with one attached hydrogen (secondary N) is 1. The summed E-state index contributed by atoms with van der Waals surface area (Å²) >= 11 is 0. The van der Waals surface area contributed by atoms with Crippen LogP contribution in [0.15, 0.2) is 18.5 Å². The Morgan fingerprint density at radius 1 is 1.18 bits per heavy atom. The van der Waals surface area contributed by atoms with Gasteiger partial charge in [0.05, 0.1) is 6.04 Å². The molecule has 1 aliphatic rings. The standard InChI is InChI=1S/C13H22N4/c1-9-6-10(2)8-11(7-9)12(17-14)13-15-4-3-5-16-13/h3-5,9-12,17H,6-8,14H2,1-2H3. The Labute approximate surface area is 103 Å². The topological polar surface area (TPSA) is 63.8 Å². The molecule has 1 aliphatic carbocycles. The molecule has 17 heavy (non-hydrogen) atoms. The average molecular weight is 234 g/mol. The zero-order chi connectivity index (χ0) is 12.3. The smallest absolute Gasteiger partial charge is 0.146 e. The number of rotatable bonds is 3. The maximum absolute atomic E-state index is 5.70. The zero-order valence-electron chi connectivity index (χ0n) is 10.6. The van der Waals surface area contributed by atoms with Crippen molar-refractivity contribution in [3.05, 3.63) is 24.3 Å². The van der Waals surface area contributed by atoms with Gasteiger partial charge in [0.1, 0.15) is 5.82 Å². The van der Waals surface area contributed by atoms with Gasteiger partial charge in [0.25, 0.3) is 0 Å². The number of aromatic nitrogens is 2. The van der Waals surface area contributed by atoms with Gasteiger partial charge in [-0.25, -0.2) is 15.4 Å². The van der Waals surface area contributed by atoms with Crippen LogP contribution in [-0.2, 0) is 0 Å². The van der Waals surface area contributed by atoms with Crippen LogP contribution >= 0.6 is 0 Å². The quantitative estimate of drug-likeness (QED) is 0.620. The summed E-state index contributed by atoms with van der Waals surface area (Å²) in [4.78, 5) is 8.64. The lowest BCUT2D eigenvalue weighted by Crippen LogP contribution is -2.38. The first-order valence-electron chi connectivity index (χ1n) is 6.43. The third kappa shape index (κ3) is 3.01. The molecule has 1 aromatic heterocycles. The lowest BCUT2D eigenvalue weighted by Gasteiger charge is -2.35. The summed E-state index contributed by atoms with van der Waals surface area (Å²) < 4.78 is 0. The molecule has 0 bridgehead atoms. The molecule has 94 valence electrons. The van der Waals surface area contributed by atoms with Crippen molar-refractivity contribution in [2.75, 3.05) is 0 Å². The minimum absolute atomic E-state index is 0.0846. The van der Waals surface area contributed by atoms with E-state index >= 15 is 0 Å². The van der Waals surface area contributed by atoms with Gasteiger partial charge in [-0.15, -0.1) is 0 Å². The Hall–Kier alpha value is -1.00. The van der Waals surface area contributed by atoms with E-state index in [1.807, 2.05) is 6.07 Å². The maximum Gasteiger partial charge on any atom is 0.146 e.